The highest BCUT2D eigenvalue weighted by molar-refractivity contribution is 6.31. The third-order valence-corrected chi connectivity index (χ3v) is 8.61. The van der Waals surface area contributed by atoms with Gasteiger partial charge >= 0.3 is 6.09 Å². The molecule has 0 aliphatic carbocycles. The quantitative estimate of drug-likeness (QED) is 0.404. The largest absolute Gasteiger partial charge is 0.480 e. The molecule has 2 aromatic carbocycles. The number of likely N-dealkylation sites (tertiary alicyclic amines) is 1. The molecule has 2 aromatic rings. The molecule has 6 nitrogen and oxygen atoms in total. The molecule has 2 atom stereocenters. The Morgan fingerprint density at radius 2 is 1.74 bits per heavy atom. The Labute approximate surface area is 229 Å². The summed E-state index contributed by atoms with van der Waals surface area (Å²) in [6, 6.07) is 10.8. The zero-order valence-corrected chi connectivity index (χ0v) is 23.9. The highest BCUT2D eigenvalue weighted by Crippen LogP contribution is 2.54. The lowest BCUT2D eigenvalue weighted by molar-refractivity contribution is -0.0901. The van der Waals surface area contributed by atoms with Crippen LogP contribution < -0.4 is 4.74 Å². The van der Waals surface area contributed by atoms with Gasteiger partial charge in [0, 0.05) is 30.2 Å². The van der Waals surface area contributed by atoms with Gasteiger partial charge < -0.3 is 23.8 Å². The van der Waals surface area contributed by atoms with Crippen molar-refractivity contribution in [3.63, 3.8) is 0 Å². The van der Waals surface area contributed by atoms with E-state index < -0.39 is 34.5 Å². The molecule has 2 saturated heterocycles. The predicted octanol–water partition coefficient (Wildman–Crippen LogP) is 7.31. The fourth-order valence-electron chi connectivity index (χ4n) is 5.68. The van der Waals surface area contributed by atoms with Crippen molar-refractivity contribution in [1.29, 1.82) is 0 Å². The molecule has 0 N–H and O–H groups in total. The highest BCUT2D eigenvalue weighted by atomic mass is 35.5. The molecule has 3 heterocycles. The van der Waals surface area contributed by atoms with Gasteiger partial charge in [-0.2, -0.15) is 0 Å². The summed E-state index contributed by atoms with van der Waals surface area (Å²) in [6.45, 7) is 13.9. The number of benzene rings is 2. The first-order chi connectivity index (χ1) is 17.7. The summed E-state index contributed by atoms with van der Waals surface area (Å²) in [5, 5.41) is -0.0369. The van der Waals surface area contributed by atoms with E-state index >= 15 is 4.39 Å². The Kier molecular flexibility index (Phi) is 6.52. The molecular weight excluding hydrogens is 509 g/mol. The molecule has 0 bridgehead atoms. The van der Waals surface area contributed by atoms with Crippen LogP contribution in [0.25, 0.3) is 0 Å². The number of rotatable bonds is 3. The monoisotopic (exact) mass is 545 g/mol. The first kappa shape index (κ1) is 27.2. The molecule has 1 amide bonds. The molecule has 2 fully saturated rings. The average molecular weight is 546 g/mol. The first-order valence-corrected chi connectivity index (χ1v) is 13.6. The van der Waals surface area contributed by atoms with Crippen LogP contribution in [0.3, 0.4) is 0 Å². The Morgan fingerprint density at radius 1 is 1.11 bits per heavy atom. The summed E-state index contributed by atoms with van der Waals surface area (Å²) in [7, 11) is 0. The lowest BCUT2D eigenvalue weighted by Gasteiger charge is -2.40. The van der Waals surface area contributed by atoms with Crippen LogP contribution in [0.15, 0.2) is 36.4 Å². The van der Waals surface area contributed by atoms with Gasteiger partial charge in [0.1, 0.15) is 17.2 Å². The average Bonchev–Trinajstić information content (AvgIpc) is 3.49. The Bertz CT molecular complexity index is 1230. The molecule has 0 unspecified atom stereocenters. The number of nitrogens with zero attached hydrogens (tertiary/aromatic N) is 1. The Hall–Kier alpha value is -2.35. The summed E-state index contributed by atoms with van der Waals surface area (Å²) < 4.78 is 40.4. The predicted molar refractivity (Wildman–Crippen MR) is 143 cm³/mol. The van der Waals surface area contributed by atoms with E-state index in [1.807, 2.05) is 78.8 Å². The molecule has 0 saturated carbocycles. The number of fused-ring (bicyclic) bond motifs is 1. The van der Waals surface area contributed by atoms with Gasteiger partial charge in [-0.3, -0.25) is 0 Å². The maximum Gasteiger partial charge on any atom is 0.410 e. The summed E-state index contributed by atoms with van der Waals surface area (Å²) in [4.78, 5) is 15.1. The van der Waals surface area contributed by atoms with Gasteiger partial charge in [0.2, 0.25) is 0 Å². The fraction of sp³-hybridized carbons (Fsp3) is 0.567. The van der Waals surface area contributed by atoms with Crippen molar-refractivity contribution in [2.24, 2.45) is 0 Å². The van der Waals surface area contributed by atoms with Crippen molar-refractivity contribution < 1.29 is 28.1 Å². The number of ether oxygens (including phenoxy) is 4. The van der Waals surface area contributed by atoms with Crippen molar-refractivity contribution in [2.45, 2.75) is 102 Å². The standard InChI is InChI=1S/C30H37ClFNO5/c1-27(2,3)38-26(34)33-15-11-14-22(33)30(18-12-9-8-10-13-18)17-19-21(35-30)16-20(32)24(31)23(19)25-36-28(4,5)29(6,7)37-25/h8-10,12-13,16,22,25H,11,14-15,17H2,1-7H3/t22-,30-/m0/s1. The molecule has 3 aliphatic rings. The van der Waals surface area contributed by atoms with E-state index in [9.17, 15) is 4.79 Å². The third kappa shape index (κ3) is 4.46. The Morgan fingerprint density at radius 3 is 2.34 bits per heavy atom. The van der Waals surface area contributed by atoms with Gasteiger partial charge in [0.15, 0.2) is 11.9 Å². The minimum absolute atomic E-state index is 0.0369. The first-order valence-electron chi connectivity index (χ1n) is 13.3. The van der Waals surface area contributed by atoms with Gasteiger partial charge in [0.05, 0.1) is 22.3 Å². The van der Waals surface area contributed by atoms with Crippen LogP contribution >= 0.6 is 11.6 Å². The van der Waals surface area contributed by atoms with E-state index in [1.165, 1.54) is 6.07 Å². The minimum atomic E-state index is -0.966. The molecule has 0 aromatic heterocycles. The normalized spacial score (nSPS) is 26.3. The van der Waals surface area contributed by atoms with Crippen LogP contribution in [-0.2, 0) is 26.2 Å². The fourth-order valence-corrected chi connectivity index (χ4v) is 5.94. The van der Waals surface area contributed by atoms with E-state index in [0.717, 1.165) is 17.5 Å². The number of hydrogen-bond donors (Lipinski definition) is 0. The second kappa shape index (κ2) is 9.10. The van der Waals surface area contributed by atoms with Crippen LogP contribution in [0.4, 0.5) is 9.18 Å². The van der Waals surface area contributed by atoms with Crippen LogP contribution in [0.2, 0.25) is 5.02 Å². The molecular formula is C30H37ClFNO5. The molecule has 0 spiro atoms. The zero-order valence-electron chi connectivity index (χ0n) is 23.2. The van der Waals surface area contributed by atoms with Crippen molar-refractivity contribution in [3.05, 3.63) is 63.9 Å². The van der Waals surface area contributed by atoms with Crippen LogP contribution in [0.5, 0.6) is 5.75 Å². The molecule has 5 rings (SSSR count). The van der Waals surface area contributed by atoms with Crippen LogP contribution in [0, 0.1) is 5.82 Å². The summed E-state index contributed by atoms with van der Waals surface area (Å²) in [5.74, 6) is -0.217. The summed E-state index contributed by atoms with van der Waals surface area (Å²) >= 11 is 6.62. The lowest BCUT2D eigenvalue weighted by atomic mass is 9.80. The molecule has 38 heavy (non-hydrogen) atoms. The van der Waals surface area contributed by atoms with Gasteiger partial charge in [-0.1, -0.05) is 41.9 Å². The van der Waals surface area contributed by atoms with E-state index in [0.29, 0.717) is 30.7 Å². The van der Waals surface area contributed by atoms with Crippen LogP contribution in [0.1, 0.15) is 84.3 Å². The van der Waals surface area contributed by atoms with E-state index in [2.05, 4.69) is 0 Å². The number of carbonyl (C=O) groups is 1. The van der Waals surface area contributed by atoms with Crippen molar-refractivity contribution in [2.75, 3.05) is 6.54 Å². The highest BCUT2D eigenvalue weighted by Gasteiger charge is 2.56. The van der Waals surface area contributed by atoms with E-state index in [4.69, 9.17) is 30.5 Å². The number of halogens is 2. The lowest BCUT2D eigenvalue weighted by Crippen LogP contribution is -2.53. The second-order valence-corrected chi connectivity index (χ2v) is 12.9. The second-order valence-electron chi connectivity index (χ2n) is 12.5. The van der Waals surface area contributed by atoms with E-state index in [1.54, 1.807) is 4.90 Å². The van der Waals surface area contributed by atoms with Gasteiger partial charge in [-0.15, -0.1) is 0 Å². The number of amides is 1. The van der Waals surface area contributed by atoms with Gasteiger partial charge in [0.25, 0.3) is 0 Å². The summed E-state index contributed by atoms with van der Waals surface area (Å²) in [5.41, 5.74) is -0.788. The molecule has 3 aliphatic heterocycles. The zero-order chi connectivity index (χ0) is 27.7. The molecule has 206 valence electrons. The topological polar surface area (TPSA) is 57.2 Å². The van der Waals surface area contributed by atoms with Crippen molar-refractivity contribution in [3.8, 4) is 5.75 Å². The van der Waals surface area contributed by atoms with Crippen molar-refractivity contribution >= 4 is 17.7 Å². The summed E-state index contributed by atoms with van der Waals surface area (Å²) in [6.07, 6.45) is 0.639. The number of carbonyl (C=O) groups excluding carboxylic acids is 1. The maximum absolute atomic E-state index is 15.3. The Balaban J connectivity index is 1.61. The van der Waals surface area contributed by atoms with Gasteiger partial charge in [-0.05, 0) is 66.9 Å². The molecule has 8 heteroatoms. The van der Waals surface area contributed by atoms with Crippen molar-refractivity contribution in [1.82, 2.24) is 4.90 Å². The molecule has 0 radical (unpaired) electrons. The number of hydrogen-bond acceptors (Lipinski definition) is 5. The van der Waals surface area contributed by atoms with E-state index in [-0.39, 0.29) is 17.2 Å². The smallest absolute Gasteiger partial charge is 0.410 e. The SMILES string of the molecule is CC(C)(C)OC(=O)N1CCC[C@H]1[C@@]1(c2ccccc2)Cc2c(cc(F)c(Cl)c2C2OC(C)(C)C(C)(C)O2)O1. The maximum atomic E-state index is 15.3. The van der Waals surface area contributed by atoms with Crippen LogP contribution in [-0.4, -0.2) is 40.4 Å². The van der Waals surface area contributed by atoms with Gasteiger partial charge in [-0.25, -0.2) is 9.18 Å². The minimum Gasteiger partial charge on any atom is -0.480 e. The third-order valence-electron chi connectivity index (χ3n) is 8.23.